The molecular weight excluding hydrogens is 494 g/mol. The number of rotatable bonds is 6. The number of hydrogen-bond donors (Lipinski definition) is 1. The largest absolute Gasteiger partial charge is 0.457 e. The number of benzene rings is 2. The fraction of sp³-hybridized carbons (Fsp3) is 0.0385. The zero-order valence-corrected chi connectivity index (χ0v) is 20.4. The van der Waals surface area contributed by atoms with Gasteiger partial charge in [-0.15, -0.1) is 16.9 Å². The molecule has 0 radical (unpaired) electrons. The number of hydrogen-bond acceptors (Lipinski definition) is 8. The highest BCUT2D eigenvalue weighted by Crippen LogP contribution is 2.34. The molecule has 0 saturated carbocycles. The molecule has 0 spiro atoms. The summed E-state index contributed by atoms with van der Waals surface area (Å²) < 4.78 is 7.34. The first-order chi connectivity index (χ1) is 17.6. The van der Waals surface area contributed by atoms with Crippen LogP contribution in [0.5, 0.6) is 11.5 Å². The van der Waals surface area contributed by atoms with Crippen LogP contribution in [0.25, 0.3) is 16.9 Å². The van der Waals surface area contributed by atoms with Crippen LogP contribution in [-0.4, -0.2) is 25.8 Å². The number of thioether (sulfide) groups is 1. The lowest BCUT2D eigenvalue weighted by Crippen LogP contribution is -2.03. The van der Waals surface area contributed by atoms with Crippen LogP contribution in [0.4, 0.5) is 11.5 Å². The van der Waals surface area contributed by atoms with Gasteiger partial charge in [-0.2, -0.15) is 10.5 Å². The summed E-state index contributed by atoms with van der Waals surface area (Å²) in [6, 6.07) is 22.4. The maximum atomic E-state index is 9.98. The molecule has 0 atom stereocenters. The van der Waals surface area contributed by atoms with Crippen molar-refractivity contribution in [2.24, 2.45) is 0 Å². The molecule has 2 aromatic carbocycles. The third kappa shape index (κ3) is 4.41. The molecule has 0 bridgehead atoms. The lowest BCUT2D eigenvalue weighted by molar-refractivity contribution is 0.482. The second-order valence-electron chi connectivity index (χ2n) is 7.47. The molecule has 0 fully saturated rings. The number of aromatic nitrogens is 4. The van der Waals surface area contributed by atoms with Gasteiger partial charge >= 0.3 is 0 Å². The van der Waals surface area contributed by atoms with Crippen molar-refractivity contribution in [3.05, 3.63) is 89.2 Å². The van der Waals surface area contributed by atoms with Crippen LogP contribution in [0.1, 0.15) is 11.1 Å². The normalized spacial score (nSPS) is 10.6. The number of nitriles is 2. The topological polar surface area (TPSA) is 112 Å². The fourth-order valence-electron chi connectivity index (χ4n) is 3.63. The molecule has 0 aliphatic rings. The summed E-state index contributed by atoms with van der Waals surface area (Å²) in [6.07, 6.45) is 5.15. The minimum absolute atomic E-state index is 0.266. The zero-order chi connectivity index (χ0) is 25.1. The number of fused-ring (bicyclic) bond motifs is 1. The summed E-state index contributed by atoms with van der Waals surface area (Å²) in [5, 5.41) is 28.8. The van der Waals surface area contributed by atoms with Crippen LogP contribution in [0.15, 0.2) is 78.1 Å². The zero-order valence-electron chi connectivity index (χ0n) is 18.8. The minimum Gasteiger partial charge on any atom is -0.457 e. The second-order valence-corrected chi connectivity index (χ2v) is 8.70. The third-order valence-electron chi connectivity index (χ3n) is 5.27. The molecule has 174 valence electrons. The molecule has 3 aromatic heterocycles. The average molecular weight is 510 g/mol. The Bertz CT molecular complexity index is 1640. The van der Waals surface area contributed by atoms with Crippen molar-refractivity contribution in [1.29, 1.82) is 10.5 Å². The van der Waals surface area contributed by atoms with Crippen LogP contribution in [0.2, 0.25) is 5.02 Å². The Kier molecular flexibility index (Phi) is 6.42. The first-order valence-electron chi connectivity index (χ1n) is 10.6. The molecule has 0 amide bonds. The fourth-order valence-corrected chi connectivity index (χ4v) is 4.28. The molecule has 1 N–H and O–H groups in total. The van der Waals surface area contributed by atoms with Crippen LogP contribution < -0.4 is 10.1 Å². The molecule has 0 aliphatic carbocycles. The number of anilines is 2. The Morgan fingerprint density at radius 1 is 0.917 bits per heavy atom. The first kappa shape index (κ1) is 23.2. The van der Waals surface area contributed by atoms with Gasteiger partial charge in [0.05, 0.1) is 5.69 Å². The molecule has 10 heteroatoms. The monoisotopic (exact) mass is 509 g/mol. The number of ether oxygens (including phenoxy) is 1. The quantitative estimate of drug-likeness (QED) is 0.205. The van der Waals surface area contributed by atoms with Crippen molar-refractivity contribution in [2.75, 3.05) is 11.6 Å². The Labute approximate surface area is 215 Å². The van der Waals surface area contributed by atoms with Gasteiger partial charge in [0.15, 0.2) is 11.5 Å². The smallest absolute Gasteiger partial charge is 0.177 e. The van der Waals surface area contributed by atoms with Gasteiger partial charge in [-0.1, -0.05) is 23.7 Å². The van der Waals surface area contributed by atoms with E-state index >= 15 is 0 Å². The lowest BCUT2D eigenvalue weighted by Gasteiger charge is -2.10. The number of nitrogens with zero attached hydrogens (tertiary/aromatic N) is 6. The van der Waals surface area contributed by atoms with Crippen molar-refractivity contribution < 1.29 is 4.74 Å². The highest BCUT2D eigenvalue weighted by molar-refractivity contribution is 7.98. The van der Waals surface area contributed by atoms with Crippen LogP contribution >= 0.6 is 23.4 Å². The number of halogens is 1. The van der Waals surface area contributed by atoms with E-state index in [2.05, 4.69) is 32.5 Å². The molecule has 0 aliphatic heterocycles. The minimum atomic E-state index is 0.266. The van der Waals surface area contributed by atoms with Crippen molar-refractivity contribution >= 4 is 40.5 Å². The van der Waals surface area contributed by atoms with Gasteiger partial charge in [0.2, 0.25) is 0 Å². The molecular formula is C26H16ClN7OS. The highest BCUT2D eigenvalue weighted by atomic mass is 35.5. The highest BCUT2D eigenvalue weighted by Gasteiger charge is 2.23. The van der Waals surface area contributed by atoms with Crippen LogP contribution in [-0.2, 0) is 0 Å². The summed E-state index contributed by atoms with van der Waals surface area (Å²) in [4.78, 5) is 8.57. The Hall–Kier alpha value is -4.57. The van der Waals surface area contributed by atoms with Gasteiger partial charge in [0.25, 0.3) is 0 Å². The van der Waals surface area contributed by atoms with Crippen molar-refractivity contribution in [3.63, 3.8) is 0 Å². The molecule has 36 heavy (non-hydrogen) atoms. The Balaban J connectivity index is 1.57. The Morgan fingerprint density at radius 2 is 1.58 bits per heavy atom. The second kappa shape index (κ2) is 9.96. The number of pyridine rings is 1. The summed E-state index contributed by atoms with van der Waals surface area (Å²) in [7, 11) is 0. The van der Waals surface area contributed by atoms with Gasteiger partial charge in [-0.05, 0) is 54.8 Å². The Morgan fingerprint density at radius 3 is 2.22 bits per heavy atom. The van der Waals surface area contributed by atoms with E-state index in [1.165, 1.54) is 16.3 Å². The SMILES string of the molecule is CSc1nc2c(C#N)c(Nc3ccc(Oc4ccncc4)cc3)nn2c(-c2ccc(Cl)cc2)c1C#N. The first-order valence-corrected chi connectivity index (χ1v) is 12.2. The summed E-state index contributed by atoms with van der Waals surface area (Å²) in [6.45, 7) is 0. The van der Waals surface area contributed by atoms with E-state index in [-0.39, 0.29) is 5.56 Å². The van der Waals surface area contributed by atoms with Crippen molar-refractivity contribution in [3.8, 4) is 34.9 Å². The van der Waals surface area contributed by atoms with Crippen molar-refractivity contribution in [2.45, 2.75) is 5.03 Å². The molecule has 5 aromatic rings. The van der Waals surface area contributed by atoms with Gasteiger partial charge in [-0.25, -0.2) is 9.50 Å². The summed E-state index contributed by atoms with van der Waals surface area (Å²) in [5.41, 5.74) is 2.96. The number of nitrogens with one attached hydrogen (secondary N) is 1. The van der Waals surface area contributed by atoms with E-state index in [1.807, 2.05) is 42.7 Å². The van der Waals surface area contributed by atoms with E-state index in [0.717, 1.165) is 5.56 Å². The van der Waals surface area contributed by atoms with E-state index in [1.54, 1.807) is 36.7 Å². The maximum Gasteiger partial charge on any atom is 0.177 e. The van der Waals surface area contributed by atoms with Crippen molar-refractivity contribution in [1.82, 2.24) is 19.6 Å². The summed E-state index contributed by atoms with van der Waals surface area (Å²) in [5.74, 6) is 1.65. The molecule has 5 rings (SSSR count). The summed E-state index contributed by atoms with van der Waals surface area (Å²) >= 11 is 7.41. The standard InChI is InChI=1S/C26H16ClN7OS/c1-36-26-21(14-28)23(16-2-4-17(27)5-3-16)34-25(32-26)22(15-29)24(33-34)31-18-6-8-19(9-7-18)35-20-10-12-30-13-11-20/h2-13H,1H3,(H,31,33). The average Bonchev–Trinajstić information content (AvgIpc) is 3.26. The predicted molar refractivity (Wildman–Crippen MR) is 139 cm³/mol. The predicted octanol–water partition coefficient (Wildman–Crippen LogP) is 6.45. The van der Waals surface area contributed by atoms with E-state index in [9.17, 15) is 10.5 Å². The third-order valence-corrected chi connectivity index (χ3v) is 6.20. The lowest BCUT2D eigenvalue weighted by atomic mass is 10.1. The van der Waals surface area contributed by atoms with Gasteiger partial charge in [0, 0.05) is 28.7 Å². The van der Waals surface area contributed by atoms with E-state index in [4.69, 9.17) is 16.3 Å². The van der Waals surface area contributed by atoms with Crippen LogP contribution in [0, 0.1) is 22.7 Å². The van der Waals surface area contributed by atoms with Crippen LogP contribution in [0.3, 0.4) is 0 Å². The molecule has 0 unspecified atom stereocenters. The van der Waals surface area contributed by atoms with E-state index in [0.29, 0.717) is 50.0 Å². The van der Waals surface area contributed by atoms with Gasteiger partial charge < -0.3 is 10.1 Å². The molecule has 3 heterocycles. The van der Waals surface area contributed by atoms with Gasteiger partial charge in [-0.3, -0.25) is 4.98 Å². The molecule has 8 nitrogen and oxygen atoms in total. The molecule has 0 saturated heterocycles. The maximum absolute atomic E-state index is 9.98. The van der Waals surface area contributed by atoms with E-state index < -0.39 is 0 Å². The van der Waals surface area contributed by atoms with Gasteiger partial charge in [0.1, 0.15) is 39.8 Å².